The molecule has 4 aliphatic heterocycles. The second kappa shape index (κ2) is 27.0. The zero-order valence-electron chi connectivity index (χ0n) is 51.5. The molecule has 4 aliphatic rings. The first-order chi connectivity index (χ1) is 48.5. The van der Waals surface area contributed by atoms with Crippen LogP contribution in [0.25, 0.3) is 21.5 Å². The van der Waals surface area contributed by atoms with Crippen molar-refractivity contribution in [1.29, 1.82) is 0 Å². The molecule has 0 amide bonds. The lowest BCUT2D eigenvalue weighted by Crippen LogP contribution is -2.43. The van der Waals surface area contributed by atoms with Crippen molar-refractivity contribution in [1.82, 2.24) is 7.10 Å². The number of hydrogen-bond acceptors (Lipinski definition) is 14. The molecule has 466 valence electrons. The SMILES string of the molecule is [Cl][Al]1[n]2c3c4c(Sc5ccccc5)ccc(Sc5ccccc5)c4c2N=C2N=C(N=c4c5c(Sc6ccccc6)ccc(Sc6ccccc6)c5c([n]41)=NC1=NC(=N3)c3c(Sc4ccccc4)ccc(Sc4ccccc4)c31)c1c(Sc3ccccc3)ccc(Sc3ccccc3)c12. The van der Waals surface area contributed by atoms with Gasteiger partial charge in [0.1, 0.15) is 22.6 Å². The molecule has 12 aromatic carbocycles. The molecular formula is C80H48AlClN8S8. The molecule has 18 heteroatoms. The number of rotatable bonds is 16. The third-order valence-corrected chi connectivity index (χ3v) is 28.2. The number of amidine groups is 4. The maximum Gasteiger partial charge on any atom is 0.722 e. The fourth-order valence-electron chi connectivity index (χ4n) is 12.4. The Kier molecular flexibility index (Phi) is 17.1. The van der Waals surface area contributed by atoms with Crippen molar-refractivity contribution in [3.63, 3.8) is 0 Å². The maximum atomic E-state index is 9.11. The van der Waals surface area contributed by atoms with E-state index in [1.165, 1.54) is 0 Å². The van der Waals surface area contributed by atoms with E-state index in [-0.39, 0.29) is 0 Å². The van der Waals surface area contributed by atoms with E-state index in [4.69, 9.17) is 40.0 Å². The van der Waals surface area contributed by atoms with Gasteiger partial charge in [0.05, 0.1) is 0 Å². The summed E-state index contributed by atoms with van der Waals surface area (Å²) in [7, 11) is 9.11. The molecule has 0 saturated carbocycles. The van der Waals surface area contributed by atoms with Crippen LogP contribution in [0.5, 0.6) is 0 Å². The van der Waals surface area contributed by atoms with Crippen LogP contribution >= 0.6 is 104 Å². The first kappa shape index (κ1) is 61.9. The highest BCUT2D eigenvalue weighted by Crippen LogP contribution is 2.53. The van der Waals surface area contributed by atoms with Gasteiger partial charge >= 0.3 is 13.7 Å². The number of fused-ring (bicyclic) bond motifs is 14. The summed E-state index contributed by atoms with van der Waals surface area (Å²) in [6.45, 7) is 0. The summed E-state index contributed by atoms with van der Waals surface area (Å²) in [6.07, 6.45) is 0. The average Bonchev–Trinajstić information content (AvgIpc) is 1.54. The maximum absolute atomic E-state index is 9.11. The summed E-state index contributed by atoms with van der Waals surface area (Å²) in [6, 6.07) is 103. The first-order valence-electron chi connectivity index (χ1n) is 31.5. The molecule has 0 unspecified atom stereocenters. The van der Waals surface area contributed by atoms with Crippen LogP contribution in [0.15, 0.2) is 399 Å². The molecule has 6 heterocycles. The minimum absolute atomic E-state index is 0.526. The Hall–Kier alpha value is -8.38. The topological polar surface area (TPSA) is 84.0 Å². The quantitative estimate of drug-likeness (QED) is 0.0885. The van der Waals surface area contributed by atoms with Crippen molar-refractivity contribution in [2.45, 2.75) is 78.3 Å². The predicted octanol–water partition coefficient (Wildman–Crippen LogP) is 22.4. The van der Waals surface area contributed by atoms with Gasteiger partial charge in [0.25, 0.3) is 0 Å². The summed E-state index contributed by atoms with van der Waals surface area (Å²) >= 11 is 10.2. The molecule has 8 nitrogen and oxygen atoms in total. The van der Waals surface area contributed by atoms with Gasteiger partial charge in [-0.1, -0.05) is 240 Å². The van der Waals surface area contributed by atoms with Gasteiger partial charge in [-0.3, -0.25) is 0 Å². The lowest BCUT2D eigenvalue weighted by molar-refractivity contribution is 0.980. The lowest BCUT2D eigenvalue weighted by atomic mass is 10.1. The van der Waals surface area contributed by atoms with E-state index in [1.807, 2.05) is 0 Å². The molecule has 0 N–H and O–H groups in total. The number of hydrogen-bond donors (Lipinski definition) is 0. The Bertz CT molecular complexity index is 5400. The second-order valence-electron chi connectivity index (χ2n) is 22.9. The Morgan fingerprint density at radius 2 is 0.418 bits per heavy atom. The van der Waals surface area contributed by atoms with Gasteiger partial charge in [0.2, 0.25) is 0 Å². The standard InChI is InChI=1S/C80H48N8S8.Al.ClH/c1-9-25-49(26-10-1)89-57-41-42-58(90-50-27-11-2-12-28-50)66-65(57)73-81-74(66)86-76-69-61(93-53-33-17-5-18-34-53)45-46-62(94-54-35-19-6-20-36-54)70(69)78(83-76)88-80-72-64(96-56-39-23-8-24-40-56)48-47-63(95-55-37-21-7-22-38-55)71(72)79(84-80)87-77-68-60(92-52-31-15-4-16-32-52)44-43-59(67(68)75(82-77)85-73)91-51-29-13-3-14-30-51;;/h1-48H;;1H/q-2;+3;/p-1. The van der Waals surface area contributed by atoms with Crippen LogP contribution in [-0.4, -0.2) is 44.1 Å². The van der Waals surface area contributed by atoms with Gasteiger partial charge in [-0.2, -0.15) is 10.0 Å². The molecule has 14 aromatic rings. The Labute approximate surface area is 608 Å². The largest absolute Gasteiger partial charge is 0.722 e. The smallest absolute Gasteiger partial charge is 0.370 e. The molecule has 0 aliphatic carbocycles. The first-order valence-corrected chi connectivity index (χ1v) is 40.8. The Morgan fingerprint density at radius 3 is 0.663 bits per heavy atom. The zero-order chi connectivity index (χ0) is 65.0. The van der Waals surface area contributed by atoms with E-state index >= 15 is 0 Å². The minimum atomic E-state index is -3.47. The number of aliphatic imine (C=N–C) groups is 4. The summed E-state index contributed by atoms with van der Waals surface area (Å²) in [4.78, 5) is 52.8. The van der Waals surface area contributed by atoms with Crippen molar-refractivity contribution in [3.8, 4) is 0 Å². The minimum Gasteiger partial charge on any atom is -0.370 e. The molecule has 98 heavy (non-hydrogen) atoms. The third kappa shape index (κ3) is 11.8. The summed E-state index contributed by atoms with van der Waals surface area (Å²) in [5, 5.41) is 3.58. The molecule has 0 spiro atoms. The van der Waals surface area contributed by atoms with Crippen LogP contribution in [0, 0.1) is 0 Å². The van der Waals surface area contributed by atoms with E-state index in [1.54, 1.807) is 94.1 Å². The fourth-order valence-corrected chi connectivity index (χ4v) is 23.2. The molecule has 0 saturated heterocycles. The van der Waals surface area contributed by atoms with Gasteiger partial charge in [0.15, 0.2) is 23.3 Å². The van der Waals surface area contributed by atoms with Crippen molar-refractivity contribution in [3.05, 3.63) is 324 Å². The lowest BCUT2D eigenvalue weighted by Gasteiger charge is -2.15. The van der Waals surface area contributed by atoms with Crippen molar-refractivity contribution < 1.29 is 0 Å². The average molecular weight is 1440 g/mol. The van der Waals surface area contributed by atoms with Crippen LogP contribution in [0.1, 0.15) is 22.3 Å². The van der Waals surface area contributed by atoms with E-state index in [0.717, 1.165) is 122 Å². The predicted molar refractivity (Wildman–Crippen MR) is 411 cm³/mol. The molecule has 0 radical (unpaired) electrons. The Balaban J connectivity index is 1.05. The zero-order valence-corrected chi connectivity index (χ0v) is 60.0. The van der Waals surface area contributed by atoms with E-state index in [2.05, 4.69) is 298 Å². The van der Waals surface area contributed by atoms with Crippen LogP contribution < -0.4 is 11.0 Å². The van der Waals surface area contributed by atoms with Gasteiger partial charge in [-0.25, -0.2) is 30.0 Å². The van der Waals surface area contributed by atoms with Crippen LogP contribution in [0.4, 0.5) is 11.6 Å². The van der Waals surface area contributed by atoms with Crippen LogP contribution in [0.3, 0.4) is 0 Å². The van der Waals surface area contributed by atoms with Gasteiger partial charge in [-0.05, 0) is 146 Å². The van der Waals surface area contributed by atoms with Gasteiger partial charge < -0.3 is 7.10 Å². The molecule has 2 aromatic heterocycles. The Morgan fingerprint density at radius 1 is 0.214 bits per heavy atom. The van der Waals surface area contributed by atoms with Gasteiger partial charge in [-0.15, -0.1) is 0 Å². The van der Waals surface area contributed by atoms with Crippen LogP contribution in [-0.2, 0) is 0 Å². The summed E-state index contributed by atoms with van der Waals surface area (Å²) < 4.78 is 4.55. The third-order valence-electron chi connectivity index (χ3n) is 16.7. The fraction of sp³-hybridized carbons (Fsp3) is 0. The molecule has 6 bridgehead atoms. The number of benzene rings is 12. The number of nitrogens with zero attached hydrogens (tertiary/aromatic N) is 8. The van der Waals surface area contributed by atoms with E-state index < -0.39 is 13.7 Å². The molecule has 0 atom stereocenters. The highest BCUT2D eigenvalue weighted by Gasteiger charge is 2.42. The monoisotopic (exact) mass is 1440 g/mol. The van der Waals surface area contributed by atoms with E-state index in [0.29, 0.717) is 46.0 Å². The second-order valence-corrected chi connectivity index (χ2v) is 34.6. The van der Waals surface area contributed by atoms with Crippen molar-refractivity contribution in [2.24, 2.45) is 30.0 Å². The highest BCUT2D eigenvalue weighted by molar-refractivity contribution is 8.01. The van der Waals surface area contributed by atoms with E-state index in [9.17, 15) is 0 Å². The normalized spacial score (nSPS) is 13.3. The summed E-state index contributed by atoms with van der Waals surface area (Å²) in [5.41, 5.74) is 4.80. The number of aromatic nitrogens is 2. The van der Waals surface area contributed by atoms with Gasteiger partial charge in [0, 0.05) is 122 Å². The molecule has 18 rings (SSSR count). The highest BCUT2D eigenvalue weighted by atomic mass is 35.6. The summed E-state index contributed by atoms with van der Waals surface area (Å²) in [5.74, 6) is 3.37. The van der Waals surface area contributed by atoms with Crippen molar-refractivity contribution in [2.75, 3.05) is 0 Å². The number of halogens is 1. The molecular weight excluding hydrogens is 1390 g/mol. The van der Waals surface area contributed by atoms with Crippen LogP contribution in [0.2, 0.25) is 0 Å². The molecule has 0 fully saturated rings. The van der Waals surface area contributed by atoms with Crippen molar-refractivity contribution >= 4 is 174 Å².